The third kappa shape index (κ3) is 2.12. The smallest absolute Gasteiger partial charge is 0.311 e. The summed E-state index contributed by atoms with van der Waals surface area (Å²) in [4.78, 5) is 10.2. The van der Waals surface area contributed by atoms with E-state index in [1.54, 1.807) is 36.4 Å². The van der Waals surface area contributed by atoms with Crippen LogP contribution in [0.3, 0.4) is 0 Å². The van der Waals surface area contributed by atoms with Crippen LogP contribution in [0.15, 0.2) is 54.6 Å². The summed E-state index contributed by atoms with van der Waals surface area (Å²) in [6, 6.07) is 14.4. The van der Waals surface area contributed by atoms with Gasteiger partial charge in [0.05, 0.1) is 12.0 Å². The molecule has 0 aliphatic carbocycles. The molecule has 1 heterocycles. The van der Waals surface area contributed by atoms with Crippen LogP contribution in [-0.4, -0.2) is 18.8 Å². The summed E-state index contributed by atoms with van der Waals surface area (Å²) in [6.45, 7) is 0. The highest BCUT2D eigenvalue weighted by Gasteiger charge is 2.52. The van der Waals surface area contributed by atoms with Crippen LogP contribution in [0.5, 0.6) is 5.75 Å². The van der Waals surface area contributed by atoms with Crippen LogP contribution in [0.4, 0.5) is 0 Å². The monoisotopic (exact) mass is 304 g/mol. The lowest BCUT2D eigenvalue weighted by Crippen LogP contribution is -2.46. The zero-order valence-electron chi connectivity index (χ0n) is 10.9. The van der Waals surface area contributed by atoms with Crippen molar-refractivity contribution in [1.29, 1.82) is 0 Å². The number of para-hydroxylation sites is 1. The summed E-state index contributed by atoms with van der Waals surface area (Å²) < 4.78 is 39.2. The standard InChI is InChI=1S/C15H12O5S/c16-13-10-15(21(17,18)19,11-6-2-1-3-7-11)20-14-9-5-4-8-12(13)14/h1-9H,10H2,(H,17,18,19). The second-order valence-electron chi connectivity index (χ2n) is 4.79. The van der Waals surface area contributed by atoms with Crippen molar-refractivity contribution in [2.75, 3.05) is 0 Å². The van der Waals surface area contributed by atoms with Crippen LogP contribution in [-0.2, 0) is 15.1 Å². The molecule has 6 heteroatoms. The molecule has 108 valence electrons. The van der Waals surface area contributed by atoms with E-state index in [4.69, 9.17) is 4.74 Å². The van der Waals surface area contributed by atoms with E-state index in [1.165, 1.54) is 18.2 Å². The molecule has 0 radical (unpaired) electrons. The minimum Gasteiger partial charge on any atom is -0.463 e. The second kappa shape index (κ2) is 4.68. The molecule has 0 aromatic heterocycles. The average Bonchev–Trinajstić information content (AvgIpc) is 2.47. The highest BCUT2D eigenvalue weighted by Crippen LogP contribution is 2.42. The van der Waals surface area contributed by atoms with E-state index in [1.807, 2.05) is 0 Å². The number of Topliss-reactive ketones (excluding diaryl/α,β-unsaturated/α-hetero) is 1. The van der Waals surface area contributed by atoms with Crippen LogP contribution in [0.25, 0.3) is 0 Å². The van der Waals surface area contributed by atoms with Gasteiger partial charge in [-0.25, -0.2) is 0 Å². The van der Waals surface area contributed by atoms with Crippen molar-refractivity contribution in [3.63, 3.8) is 0 Å². The summed E-state index contributed by atoms with van der Waals surface area (Å²) in [7, 11) is -4.66. The molecule has 0 saturated heterocycles. The van der Waals surface area contributed by atoms with E-state index in [2.05, 4.69) is 0 Å². The Morgan fingerprint density at radius 2 is 1.62 bits per heavy atom. The molecule has 1 N–H and O–H groups in total. The maximum Gasteiger partial charge on any atom is 0.311 e. The van der Waals surface area contributed by atoms with Gasteiger partial charge in [0.25, 0.3) is 4.93 Å². The van der Waals surface area contributed by atoms with Crippen molar-refractivity contribution in [3.05, 3.63) is 65.7 Å². The fourth-order valence-corrected chi connectivity index (χ4v) is 3.39. The van der Waals surface area contributed by atoms with Crippen LogP contribution >= 0.6 is 0 Å². The molecule has 3 rings (SSSR count). The van der Waals surface area contributed by atoms with Gasteiger partial charge in [-0.3, -0.25) is 9.35 Å². The Hall–Kier alpha value is -2.18. The van der Waals surface area contributed by atoms with E-state index in [9.17, 15) is 17.8 Å². The Kier molecular flexibility index (Phi) is 3.07. The van der Waals surface area contributed by atoms with Gasteiger partial charge in [0, 0.05) is 5.56 Å². The minimum absolute atomic E-state index is 0.148. The van der Waals surface area contributed by atoms with Crippen LogP contribution < -0.4 is 4.74 Å². The van der Waals surface area contributed by atoms with E-state index in [0.29, 0.717) is 5.56 Å². The van der Waals surface area contributed by atoms with E-state index in [-0.39, 0.29) is 11.3 Å². The van der Waals surface area contributed by atoms with Gasteiger partial charge < -0.3 is 4.74 Å². The molecule has 0 spiro atoms. The normalized spacial score (nSPS) is 21.5. The number of benzene rings is 2. The van der Waals surface area contributed by atoms with Gasteiger partial charge in [-0.1, -0.05) is 42.5 Å². The van der Waals surface area contributed by atoms with Gasteiger partial charge in [0.1, 0.15) is 5.75 Å². The first-order valence-corrected chi connectivity index (χ1v) is 7.72. The summed E-state index contributed by atoms with van der Waals surface area (Å²) in [5.74, 6) is -0.242. The van der Waals surface area contributed by atoms with Gasteiger partial charge in [0.15, 0.2) is 5.78 Å². The molecule has 2 aromatic carbocycles. The molecular weight excluding hydrogens is 292 g/mol. The zero-order valence-corrected chi connectivity index (χ0v) is 11.7. The number of ether oxygens (including phenoxy) is 1. The number of carbonyl (C=O) groups excluding carboxylic acids is 1. The highest BCUT2D eigenvalue weighted by atomic mass is 32.2. The van der Waals surface area contributed by atoms with E-state index < -0.39 is 27.3 Å². The maximum absolute atomic E-state index is 12.3. The van der Waals surface area contributed by atoms with Crippen molar-refractivity contribution in [3.8, 4) is 5.75 Å². The molecule has 1 atom stereocenters. The Morgan fingerprint density at radius 1 is 1.00 bits per heavy atom. The van der Waals surface area contributed by atoms with Crippen LogP contribution in [0.2, 0.25) is 0 Å². The molecular formula is C15H12O5S. The van der Waals surface area contributed by atoms with Crippen molar-refractivity contribution >= 4 is 15.9 Å². The molecule has 0 saturated carbocycles. The lowest BCUT2D eigenvalue weighted by atomic mass is 9.96. The topological polar surface area (TPSA) is 80.7 Å². The van der Waals surface area contributed by atoms with Crippen LogP contribution in [0.1, 0.15) is 22.3 Å². The maximum atomic E-state index is 12.3. The SMILES string of the molecule is O=C1CC(c2ccccc2)(S(=O)(=O)O)Oc2ccccc21. The van der Waals surface area contributed by atoms with Crippen molar-refractivity contribution in [1.82, 2.24) is 0 Å². The predicted molar refractivity (Wildman–Crippen MR) is 75.7 cm³/mol. The largest absolute Gasteiger partial charge is 0.463 e. The number of ketones is 1. The summed E-state index contributed by atoms with van der Waals surface area (Å²) in [6.07, 6.45) is -0.465. The molecule has 0 fully saturated rings. The van der Waals surface area contributed by atoms with Gasteiger partial charge in [-0.05, 0) is 12.1 Å². The number of hydrogen-bond acceptors (Lipinski definition) is 4. The Bertz CT molecular complexity index is 798. The van der Waals surface area contributed by atoms with Crippen LogP contribution in [0, 0.1) is 0 Å². The fraction of sp³-hybridized carbons (Fsp3) is 0.133. The molecule has 1 aliphatic heterocycles. The molecule has 0 amide bonds. The van der Waals surface area contributed by atoms with Gasteiger partial charge in [-0.2, -0.15) is 8.42 Å². The number of rotatable bonds is 2. The average molecular weight is 304 g/mol. The number of fused-ring (bicyclic) bond motifs is 1. The minimum atomic E-state index is -4.66. The highest BCUT2D eigenvalue weighted by molar-refractivity contribution is 7.86. The lowest BCUT2D eigenvalue weighted by molar-refractivity contribution is 0.0729. The quantitative estimate of drug-likeness (QED) is 0.862. The second-order valence-corrected chi connectivity index (χ2v) is 6.40. The number of carbonyl (C=O) groups is 1. The molecule has 0 bridgehead atoms. The Labute approximate surface area is 121 Å². The van der Waals surface area contributed by atoms with Gasteiger partial charge in [-0.15, -0.1) is 0 Å². The molecule has 5 nitrogen and oxygen atoms in total. The first-order chi connectivity index (χ1) is 9.94. The molecule has 1 unspecified atom stereocenters. The Morgan fingerprint density at radius 3 is 2.29 bits per heavy atom. The van der Waals surface area contributed by atoms with Crippen molar-refractivity contribution in [2.45, 2.75) is 11.4 Å². The fourth-order valence-electron chi connectivity index (χ4n) is 2.45. The summed E-state index contributed by atoms with van der Waals surface area (Å²) in [5, 5.41) is 0. The number of hydrogen-bond donors (Lipinski definition) is 1. The third-order valence-electron chi connectivity index (χ3n) is 3.49. The molecule has 1 aliphatic rings. The third-order valence-corrected chi connectivity index (χ3v) is 4.78. The molecule has 2 aromatic rings. The predicted octanol–water partition coefficient (Wildman–Crippen LogP) is 2.39. The summed E-state index contributed by atoms with van der Waals surface area (Å²) >= 11 is 0. The van der Waals surface area contributed by atoms with Crippen molar-refractivity contribution in [2.24, 2.45) is 0 Å². The first kappa shape index (κ1) is 13.8. The Balaban J connectivity index is 2.24. The van der Waals surface area contributed by atoms with Gasteiger partial charge in [0.2, 0.25) is 0 Å². The van der Waals surface area contributed by atoms with E-state index in [0.717, 1.165) is 0 Å². The van der Waals surface area contributed by atoms with Gasteiger partial charge >= 0.3 is 10.1 Å². The lowest BCUT2D eigenvalue weighted by Gasteiger charge is -2.35. The zero-order chi connectivity index (χ0) is 15.1. The van der Waals surface area contributed by atoms with E-state index >= 15 is 0 Å². The summed E-state index contributed by atoms with van der Waals surface area (Å²) in [5.41, 5.74) is 0.531. The van der Waals surface area contributed by atoms with Crippen molar-refractivity contribution < 1.29 is 22.5 Å². The molecule has 21 heavy (non-hydrogen) atoms. The first-order valence-electron chi connectivity index (χ1n) is 6.28.